The molecule has 2 N–H and O–H groups in total. The van der Waals surface area contributed by atoms with Crippen LogP contribution in [0.15, 0.2) is 52.2 Å². The molecule has 0 saturated heterocycles. The topological polar surface area (TPSA) is 88.6 Å². The lowest BCUT2D eigenvalue weighted by atomic mass is 10.2. The van der Waals surface area contributed by atoms with Gasteiger partial charge in [0.15, 0.2) is 0 Å². The van der Waals surface area contributed by atoms with E-state index in [-0.39, 0.29) is 6.54 Å². The largest absolute Gasteiger partial charge is 0.467 e. The van der Waals surface area contributed by atoms with Crippen molar-refractivity contribution in [1.29, 1.82) is 0 Å². The minimum atomic E-state index is -0.875. The average Bonchev–Trinajstić information content (AvgIpc) is 3.30. The second-order valence-corrected chi connectivity index (χ2v) is 6.98. The third-order valence-corrected chi connectivity index (χ3v) is 5.03. The number of hydrazone groups is 1. The fourth-order valence-corrected chi connectivity index (χ4v) is 3.21. The molecule has 0 aliphatic heterocycles. The molecular weight excluding hydrogens is 415 g/mol. The highest BCUT2D eigenvalue weighted by atomic mass is 35.5. The number of carbonyl (C=O) groups excluding carboxylic acids is 2. The number of aryl methyl sites for hydroxylation is 1. The van der Waals surface area contributed by atoms with E-state index in [4.69, 9.17) is 27.6 Å². The predicted octanol–water partition coefficient (Wildman–Crippen LogP) is 3.76. The lowest BCUT2D eigenvalue weighted by molar-refractivity contribution is -0.139. The third-order valence-electron chi connectivity index (χ3n) is 4.22. The van der Waals surface area contributed by atoms with E-state index >= 15 is 0 Å². The molecule has 3 aromatic rings. The summed E-state index contributed by atoms with van der Waals surface area (Å²) in [5.41, 5.74) is 5.48. The Kier molecular flexibility index (Phi) is 6.41. The number of aromatic nitrogens is 1. The second-order valence-electron chi connectivity index (χ2n) is 6.20. The summed E-state index contributed by atoms with van der Waals surface area (Å²) >= 11 is 12.5. The normalized spacial score (nSPS) is 11.0. The number of furan rings is 1. The Morgan fingerprint density at radius 1 is 1.17 bits per heavy atom. The van der Waals surface area contributed by atoms with Gasteiger partial charge in [0.05, 0.1) is 34.8 Å². The van der Waals surface area contributed by atoms with E-state index in [0.717, 1.165) is 22.6 Å². The van der Waals surface area contributed by atoms with Crippen molar-refractivity contribution in [2.75, 3.05) is 0 Å². The van der Waals surface area contributed by atoms with Gasteiger partial charge in [-0.2, -0.15) is 5.10 Å². The molecule has 1 aromatic carbocycles. The van der Waals surface area contributed by atoms with Crippen LogP contribution in [-0.2, 0) is 16.1 Å². The van der Waals surface area contributed by atoms with Gasteiger partial charge in [-0.1, -0.05) is 29.3 Å². The SMILES string of the molecule is Cc1cc(/C=N\NC(=O)C(=O)NCc2ccco2)c(C)n1-c1cccc(Cl)c1Cl. The van der Waals surface area contributed by atoms with Crippen LogP contribution < -0.4 is 10.7 Å². The highest BCUT2D eigenvalue weighted by Crippen LogP contribution is 2.31. The smallest absolute Gasteiger partial charge is 0.329 e. The van der Waals surface area contributed by atoms with Gasteiger partial charge < -0.3 is 14.3 Å². The quantitative estimate of drug-likeness (QED) is 0.365. The molecule has 150 valence electrons. The molecule has 0 bridgehead atoms. The zero-order chi connectivity index (χ0) is 21.0. The number of hydrogen-bond donors (Lipinski definition) is 2. The van der Waals surface area contributed by atoms with Crippen LogP contribution in [0.1, 0.15) is 22.7 Å². The van der Waals surface area contributed by atoms with E-state index in [1.165, 1.54) is 12.5 Å². The van der Waals surface area contributed by atoms with Crippen LogP contribution in [0.5, 0.6) is 0 Å². The second kappa shape index (κ2) is 8.98. The van der Waals surface area contributed by atoms with Crippen molar-refractivity contribution in [3.8, 4) is 5.69 Å². The first-order chi connectivity index (χ1) is 13.9. The molecule has 3 rings (SSSR count). The van der Waals surface area contributed by atoms with E-state index < -0.39 is 11.8 Å². The fourth-order valence-electron chi connectivity index (χ4n) is 2.83. The predicted molar refractivity (Wildman–Crippen MR) is 112 cm³/mol. The minimum Gasteiger partial charge on any atom is -0.467 e. The maximum Gasteiger partial charge on any atom is 0.329 e. The summed E-state index contributed by atoms with van der Waals surface area (Å²) < 4.78 is 7.02. The van der Waals surface area contributed by atoms with Crippen LogP contribution in [-0.4, -0.2) is 22.6 Å². The number of carbonyl (C=O) groups is 2. The monoisotopic (exact) mass is 432 g/mol. The van der Waals surface area contributed by atoms with Crippen molar-refractivity contribution in [2.45, 2.75) is 20.4 Å². The van der Waals surface area contributed by atoms with Crippen LogP contribution in [0.4, 0.5) is 0 Å². The molecule has 0 aliphatic carbocycles. The van der Waals surface area contributed by atoms with E-state index in [1.807, 2.05) is 36.6 Å². The van der Waals surface area contributed by atoms with E-state index in [0.29, 0.717) is 15.8 Å². The lowest BCUT2D eigenvalue weighted by Gasteiger charge is -2.12. The van der Waals surface area contributed by atoms with Crippen molar-refractivity contribution < 1.29 is 14.0 Å². The summed E-state index contributed by atoms with van der Waals surface area (Å²) in [7, 11) is 0. The molecule has 7 nitrogen and oxygen atoms in total. The summed E-state index contributed by atoms with van der Waals surface area (Å²) in [5, 5.41) is 7.22. The highest BCUT2D eigenvalue weighted by Gasteiger charge is 2.15. The number of halogens is 2. The van der Waals surface area contributed by atoms with Gasteiger partial charge in [-0.15, -0.1) is 0 Å². The molecule has 9 heteroatoms. The average molecular weight is 433 g/mol. The summed E-state index contributed by atoms with van der Waals surface area (Å²) in [6.45, 7) is 3.93. The number of benzene rings is 1. The molecule has 0 radical (unpaired) electrons. The summed E-state index contributed by atoms with van der Waals surface area (Å²) in [4.78, 5) is 23.6. The Bertz CT molecular complexity index is 1070. The summed E-state index contributed by atoms with van der Waals surface area (Å²) in [6.07, 6.45) is 2.95. The van der Waals surface area contributed by atoms with Crippen molar-refractivity contribution in [1.82, 2.24) is 15.3 Å². The van der Waals surface area contributed by atoms with Crippen molar-refractivity contribution in [3.05, 3.63) is 75.4 Å². The summed E-state index contributed by atoms with van der Waals surface area (Å²) in [5.74, 6) is -1.14. The first kappa shape index (κ1) is 20.7. The van der Waals surface area contributed by atoms with Gasteiger partial charge in [-0.3, -0.25) is 9.59 Å². The van der Waals surface area contributed by atoms with Gasteiger partial charge in [0.2, 0.25) is 0 Å². The van der Waals surface area contributed by atoms with Gasteiger partial charge in [0.1, 0.15) is 5.76 Å². The molecule has 0 atom stereocenters. The van der Waals surface area contributed by atoms with Crippen molar-refractivity contribution in [3.63, 3.8) is 0 Å². The van der Waals surface area contributed by atoms with Crippen LogP contribution in [0, 0.1) is 13.8 Å². The van der Waals surface area contributed by atoms with Crippen LogP contribution >= 0.6 is 23.2 Å². The number of rotatable bonds is 5. The molecular formula is C20H18Cl2N4O3. The fraction of sp³-hybridized carbons (Fsp3) is 0.150. The Labute approximate surface area is 177 Å². The van der Waals surface area contributed by atoms with Crippen molar-refractivity contribution >= 4 is 41.2 Å². The number of nitrogens with one attached hydrogen (secondary N) is 2. The summed E-state index contributed by atoms with van der Waals surface area (Å²) in [6, 6.07) is 10.7. The molecule has 29 heavy (non-hydrogen) atoms. The molecule has 0 spiro atoms. The van der Waals surface area contributed by atoms with Gasteiger partial charge in [0, 0.05) is 17.0 Å². The first-order valence-electron chi connectivity index (χ1n) is 8.65. The molecule has 2 heterocycles. The van der Waals surface area contributed by atoms with Crippen LogP contribution in [0.3, 0.4) is 0 Å². The van der Waals surface area contributed by atoms with Crippen molar-refractivity contribution in [2.24, 2.45) is 5.10 Å². The zero-order valence-corrected chi connectivity index (χ0v) is 17.2. The Balaban J connectivity index is 1.67. The standard InChI is InChI=1S/C20H18Cl2N4O3/c1-12-9-14(13(2)26(12)17-7-3-6-16(21)18(17)22)10-24-25-20(28)19(27)23-11-15-5-4-8-29-15/h3-10H,11H2,1-2H3,(H,23,27)(H,25,28)/b24-10-. The van der Waals surface area contributed by atoms with E-state index in [2.05, 4.69) is 15.8 Å². The van der Waals surface area contributed by atoms with Gasteiger partial charge in [-0.05, 0) is 44.2 Å². The minimum absolute atomic E-state index is 0.116. The van der Waals surface area contributed by atoms with E-state index in [1.54, 1.807) is 18.2 Å². The first-order valence-corrected chi connectivity index (χ1v) is 9.41. The Hall–Kier alpha value is -3.03. The molecule has 2 amide bonds. The van der Waals surface area contributed by atoms with E-state index in [9.17, 15) is 9.59 Å². The maximum absolute atomic E-state index is 11.8. The molecule has 0 unspecified atom stereocenters. The number of amides is 2. The Morgan fingerprint density at radius 3 is 2.69 bits per heavy atom. The third kappa shape index (κ3) is 4.70. The molecule has 2 aromatic heterocycles. The van der Waals surface area contributed by atoms with Crippen LogP contribution in [0.2, 0.25) is 10.0 Å². The number of nitrogens with zero attached hydrogens (tertiary/aromatic N) is 2. The van der Waals surface area contributed by atoms with Gasteiger partial charge in [-0.25, -0.2) is 5.43 Å². The highest BCUT2D eigenvalue weighted by molar-refractivity contribution is 6.43. The zero-order valence-electron chi connectivity index (χ0n) is 15.7. The van der Waals surface area contributed by atoms with Crippen LogP contribution in [0.25, 0.3) is 5.69 Å². The Morgan fingerprint density at radius 2 is 1.97 bits per heavy atom. The molecule has 0 aliphatic rings. The number of hydrogen-bond acceptors (Lipinski definition) is 4. The molecule has 0 fully saturated rings. The molecule has 0 saturated carbocycles. The lowest BCUT2D eigenvalue weighted by Crippen LogP contribution is -2.37. The maximum atomic E-state index is 11.8. The van der Waals surface area contributed by atoms with Gasteiger partial charge in [0.25, 0.3) is 0 Å². The van der Waals surface area contributed by atoms with Gasteiger partial charge >= 0.3 is 11.8 Å².